The van der Waals surface area contributed by atoms with Gasteiger partial charge < -0.3 is 10.6 Å². The number of hydrogen-bond donors (Lipinski definition) is 2. The van der Waals surface area contributed by atoms with Gasteiger partial charge in [0.1, 0.15) is 11.9 Å². The van der Waals surface area contributed by atoms with Crippen LogP contribution in [0.4, 0.5) is 5.69 Å². The molecule has 6 heteroatoms. The summed E-state index contributed by atoms with van der Waals surface area (Å²) in [6.07, 6.45) is 1.64. The molecule has 0 saturated carbocycles. The molecule has 1 amide bonds. The molecule has 0 unspecified atom stereocenters. The Bertz CT molecular complexity index is 1100. The lowest BCUT2D eigenvalue weighted by Gasteiger charge is -2.27. The van der Waals surface area contributed by atoms with Gasteiger partial charge in [0.25, 0.3) is 5.91 Å². The Kier molecular flexibility index (Phi) is 3.76. The highest BCUT2D eigenvalue weighted by Crippen LogP contribution is 2.34. The zero-order chi connectivity index (χ0) is 18.2. The predicted molar refractivity (Wildman–Crippen MR) is 107 cm³/mol. The molecule has 0 fully saturated rings. The standard InChI is InChI=1S/C21H16N4OS/c26-21-15-9-4-5-10-17(15)22-20(23-21)16-13-25(14-7-2-1-3-8-14)24-19(16)18-11-6-12-27-18/h1-13,20,22H,(H,23,26)/t20-/m1/s1. The van der Waals surface area contributed by atoms with Crippen LogP contribution in [-0.4, -0.2) is 15.7 Å². The van der Waals surface area contributed by atoms with Crippen molar-refractivity contribution in [2.24, 2.45) is 0 Å². The van der Waals surface area contributed by atoms with Crippen molar-refractivity contribution in [3.8, 4) is 16.3 Å². The summed E-state index contributed by atoms with van der Waals surface area (Å²) in [7, 11) is 0. The van der Waals surface area contributed by atoms with E-state index in [-0.39, 0.29) is 12.1 Å². The lowest BCUT2D eigenvalue weighted by atomic mass is 10.1. The average molecular weight is 372 g/mol. The summed E-state index contributed by atoms with van der Waals surface area (Å²) in [6, 6.07) is 21.6. The number of hydrogen-bond acceptors (Lipinski definition) is 4. The number of aromatic nitrogens is 2. The fraction of sp³-hybridized carbons (Fsp3) is 0.0476. The Morgan fingerprint density at radius 2 is 1.74 bits per heavy atom. The van der Waals surface area contributed by atoms with E-state index in [1.807, 2.05) is 83.0 Å². The van der Waals surface area contributed by atoms with Crippen LogP contribution in [0.15, 0.2) is 78.3 Å². The van der Waals surface area contributed by atoms with Gasteiger partial charge in [-0.15, -0.1) is 11.3 Å². The number of rotatable bonds is 3. The topological polar surface area (TPSA) is 59.0 Å². The van der Waals surface area contributed by atoms with Crippen LogP contribution in [0.25, 0.3) is 16.3 Å². The highest BCUT2D eigenvalue weighted by Gasteiger charge is 2.28. The molecule has 0 saturated heterocycles. The molecule has 1 aliphatic heterocycles. The molecule has 2 aromatic carbocycles. The molecule has 4 aromatic rings. The van der Waals surface area contributed by atoms with Gasteiger partial charge in [0.15, 0.2) is 0 Å². The van der Waals surface area contributed by atoms with Gasteiger partial charge in [-0.3, -0.25) is 4.79 Å². The monoisotopic (exact) mass is 372 g/mol. The zero-order valence-electron chi connectivity index (χ0n) is 14.3. The van der Waals surface area contributed by atoms with Gasteiger partial charge in [0.05, 0.1) is 16.1 Å². The lowest BCUT2D eigenvalue weighted by Crippen LogP contribution is -2.38. The molecule has 0 spiro atoms. The summed E-state index contributed by atoms with van der Waals surface area (Å²) in [5.74, 6) is -0.0843. The molecule has 3 heterocycles. The van der Waals surface area contributed by atoms with Gasteiger partial charge in [0.2, 0.25) is 0 Å². The second-order valence-corrected chi connectivity index (χ2v) is 7.23. The van der Waals surface area contributed by atoms with Crippen LogP contribution in [0, 0.1) is 0 Å². The first-order chi connectivity index (χ1) is 13.3. The molecule has 0 bridgehead atoms. The van der Waals surface area contributed by atoms with Crippen LogP contribution < -0.4 is 10.6 Å². The van der Waals surface area contributed by atoms with E-state index in [1.165, 1.54) is 0 Å². The Morgan fingerprint density at radius 1 is 0.926 bits per heavy atom. The van der Waals surface area contributed by atoms with E-state index in [2.05, 4.69) is 10.6 Å². The summed E-state index contributed by atoms with van der Waals surface area (Å²) in [5.41, 5.74) is 4.26. The van der Waals surface area contributed by atoms with Gasteiger partial charge in [-0.05, 0) is 35.7 Å². The number of carbonyl (C=O) groups is 1. The van der Waals surface area contributed by atoms with E-state index >= 15 is 0 Å². The zero-order valence-corrected chi connectivity index (χ0v) is 15.1. The number of anilines is 1. The Balaban J connectivity index is 1.61. The van der Waals surface area contributed by atoms with Crippen LogP contribution in [-0.2, 0) is 0 Å². The van der Waals surface area contributed by atoms with Crippen molar-refractivity contribution in [1.29, 1.82) is 0 Å². The number of nitrogens with zero attached hydrogens (tertiary/aromatic N) is 2. The highest BCUT2D eigenvalue weighted by atomic mass is 32.1. The summed E-state index contributed by atoms with van der Waals surface area (Å²) in [5, 5.41) is 13.3. The van der Waals surface area contributed by atoms with Gasteiger partial charge in [-0.2, -0.15) is 5.10 Å². The molecule has 2 N–H and O–H groups in total. The first-order valence-corrected chi connectivity index (χ1v) is 9.53. The highest BCUT2D eigenvalue weighted by molar-refractivity contribution is 7.13. The van der Waals surface area contributed by atoms with Crippen molar-refractivity contribution in [1.82, 2.24) is 15.1 Å². The summed E-state index contributed by atoms with van der Waals surface area (Å²) < 4.78 is 1.86. The number of para-hydroxylation sites is 2. The van der Waals surface area contributed by atoms with Crippen LogP contribution in [0.3, 0.4) is 0 Å². The lowest BCUT2D eigenvalue weighted by molar-refractivity contribution is 0.0936. The number of fused-ring (bicyclic) bond motifs is 1. The maximum absolute atomic E-state index is 12.6. The van der Waals surface area contributed by atoms with Crippen molar-refractivity contribution in [2.45, 2.75) is 6.17 Å². The number of thiophene rings is 1. The van der Waals surface area contributed by atoms with E-state index in [1.54, 1.807) is 11.3 Å². The van der Waals surface area contributed by atoms with Crippen molar-refractivity contribution in [2.75, 3.05) is 5.32 Å². The summed E-state index contributed by atoms with van der Waals surface area (Å²) >= 11 is 1.63. The molecule has 5 nitrogen and oxygen atoms in total. The minimum atomic E-state index is -0.345. The minimum absolute atomic E-state index is 0.0843. The first kappa shape index (κ1) is 15.8. The minimum Gasteiger partial charge on any atom is -0.361 e. The molecule has 1 aliphatic rings. The molecular weight excluding hydrogens is 356 g/mol. The van der Waals surface area contributed by atoms with Crippen molar-refractivity contribution in [3.05, 3.63) is 89.4 Å². The second-order valence-electron chi connectivity index (χ2n) is 6.29. The van der Waals surface area contributed by atoms with E-state index in [0.29, 0.717) is 5.56 Å². The molecular formula is C21H16N4OS. The van der Waals surface area contributed by atoms with Crippen molar-refractivity contribution < 1.29 is 4.79 Å². The Labute approximate surface area is 160 Å². The average Bonchev–Trinajstić information content (AvgIpc) is 3.38. The van der Waals surface area contributed by atoms with E-state index < -0.39 is 0 Å². The van der Waals surface area contributed by atoms with Crippen molar-refractivity contribution in [3.63, 3.8) is 0 Å². The molecule has 27 heavy (non-hydrogen) atoms. The third kappa shape index (κ3) is 2.80. The van der Waals surface area contributed by atoms with Gasteiger partial charge in [-0.25, -0.2) is 4.68 Å². The number of benzene rings is 2. The smallest absolute Gasteiger partial charge is 0.255 e. The maximum Gasteiger partial charge on any atom is 0.255 e. The third-order valence-electron chi connectivity index (χ3n) is 4.58. The fourth-order valence-corrected chi connectivity index (χ4v) is 4.01. The Morgan fingerprint density at radius 3 is 2.56 bits per heavy atom. The number of carbonyl (C=O) groups excluding carboxylic acids is 1. The molecule has 2 aromatic heterocycles. The maximum atomic E-state index is 12.6. The largest absolute Gasteiger partial charge is 0.361 e. The summed E-state index contributed by atoms with van der Waals surface area (Å²) in [4.78, 5) is 13.6. The van der Waals surface area contributed by atoms with Crippen LogP contribution in [0.5, 0.6) is 0 Å². The fourth-order valence-electron chi connectivity index (χ4n) is 3.28. The van der Waals surface area contributed by atoms with E-state index in [4.69, 9.17) is 5.10 Å². The van der Waals surface area contributed by atoms with Gasteiger partial charge >= 0.3 is 0 Å². The van der Waals surface area contributed by atoms with Gasteiger partial charge in [-0.1, -0.05) is 36.4 Å². The first-order valence-electron chi connectivity index (χ1n) is 8.65. The van der Waals surface area contributed by atoms with E-state index in [0.717, 1.165) is 27.5 Å². The van der Waals surface area contributed by atoms with Crippen LogP contribution >= 0.6 is 11.3 Å². The number of nitrogens with one attached hydrogen (secondary N) is 2. The summed E-state index contributed by atoms with van der Waals surface area (Å²) in [6.45, 7) is 0. The number of amides is 1. The van der Waals surface area contributed by atoms with E-state index in [9.17, 15) is 4.79 Å². The van der Waals surface area contributed by atoms with Crippen LogP contribution in [0.2, 0.25) is 0 Å². The molecule has 0 aliphatic carbocycles. The molecule has 1 atom stereocenters. The Hall–Kier alpha value is -3.38. The molecule has 5 rings (SSSR count). The quantitative estimate of drug-likeness (QED) is 0.558. The normalized spacial score (nSPS) is 15.7. The molecule has 132 valence electrons. The molecule has 0 radical (unpaired) electrons. The second kappa shape index (κ2) is 6.41. The van der Waals surface area contributed by atoms with Gasteiger partial charge in [0, 0.05) is 17.4 Å². The van der Waals surface area contributed by atoms with Crippen LogP contribution in [0.1, 0.15) is 22.1 Å². The predicted octanol–water partition coefficient (Wildman–Crippen LogP) is 4.45. The third-order valence-corrected chi connectivity index (χ3v) is 5.45. The SMILES string of the molecule is O=C1N[C@H](c2cn(-c3ccccc3)nc2-c2cccs2)Nc2ccccc21. The van der Waals surface area contributed by atoms with Crippen molar-refractivity contribution >= 4 is 22.9 Å².